The molecule has 0 heterocycles. The molecular weight excluding hydrogens is 430 g/mol. The molecule has 0 aliphatic rings. The number of unbranched alkanes of at least 4 members (excludes halogenated alkanes) is 1. The Morgan fingerprint density at radius 1 is 0.375 bits per heavy atom. The molecule has 0 saturated carbocycles. The Labute approximate surface area is 192 Å². The second-order valence-corrected chi connectivity index (χ2v) is 14.8. The molecule has 0 fully saturated rings. The van der Waals surface area contributed by atoms with E-state index < -0.39 is 16.8 Å². The van der Waals surface area contributed by atoms with Crippen LogP contribution in [0.1, 0.15) is 12.8 Å². The molecule has 0 saturated heterocycles. The van der Waals surface area contributed by atoms with Crippen molar-refractivity contribution in [3.05, 3.63) is 121 Å². The van der Waals surface area contributed by atoms with Crippen molar-refractivity contribution in [2.45, 2.75) is 24.9 Å². The monoisotopic (exact) mass is 458 g/mol. The molecule has 4 aromatic carbocycles. The van der Waals surface area contributed by atoms with Gasteiger partial charge in [-0.3, -0.25) is 0 Å². The maximum Gasteiger partial charge on any atom is 0.308 e. The van der Waals surface area contributed by atoms with Crippen molar-refractivity contribution in [2.75, 3.05) is 0 Å². The van der Waals surface area contributed by atoms with Gasteiger partial charge in [0.15, 0.2) is 0 Å². The van der Waals surface area contributed by atoms with Gasteiger partial charge in [-0.2, -0.15) is 0 Å². The molecule has 4 aromatic rings. The maximum absolute atomic E-state index is 16.6. The molecular formula is C28H28F2Si2. The fourth-order valence-corrected chi connectivity index (χ4v) is 10.6. The predicted octanol–water partition coefficient (Wildman–Crippen LogP) is 5.23. The highest BCUT2D eigenvalue weighted by Gasteiger charge is 2.40. The van der Waals surface area contributed by atoms with Crippen LogP contribution in [0.2, 0.25) is 12.1 Å². The average Bonchev–Trinajstić information content (AvgIpc) is 2.88. The van der Waals surface area contributed by atoms with Gasteiger partial charge in [0.2, 0.25) is 0 Å². The fourth-order valence-electron chi connectivity index (χ4n) is 4.46. The van der Waals surface area contributed by atoms with Crippen LogP contribution >= 0.6 is 0 Å². The Kier molecular flexibility index (Phi) is 7.13. The zero-order valence-corrected chi connectivity index (χ0v) is 20.1. The van der Waals surface area contributed by atoms with E-state index in [4.69, 9.17) is 0 Å². The van der Waals surface area contributed by atoms with Gasteiger partial charge in [-0.15, -0.1) is 0 Å². The summed E-state index contributed by atoms with van der Waals surface area (Å²) in [6.45, 7) is 0. The Hall–Kier alpha value is -2.83. The minimum absolute atomic E-state index is 0.467. The van der Waals surface area contributed by atoms with E-state index in [0.717, 1.165) is 20.7 Å². The molecule has 0 aliphatic heterocycles. The van der Waals surface area contributed by atoms with E-state index in [1.54, 1.807) is 0 Å². The smallest absolute Gasteiger partial charge is 0.302 e. The van der Waals surface area contributed by atoms with Crippen molar-refractivity contribution in [1.29, 1.82) is 0 Å². The first-order valence-corrected chi connectivity index (χ1v) is 15.4. The van der Waals surface area contributed by atoms with E-state index in [1.807, 2.05) is 121 Å². The third kappa shape index (κ3) is 4.82. The summed E-state index contributed by atoms with van der Waals surface area (Å²) in [5.74, 6) is 0. The molecule has 0 aliphatic carbocycles. The van der Waals surface area contributed by atoms with Gasteiger partial charge in [-0.25, -0.2) is 0 Å². The summed E-state index contributed by atoms with van der Waals surface area (Å²) in [4.78, 5) is 0. The number of hydrogen-bond acceptors (Lipinski definition) is 0. The topological polar surface area (TPSA) is 0 Å². The van der Waals surface area contributed by atoms with Gasteiger partial charge < -0.3 is 8.22 Å². The van der Waals surface area contributed by atoms with Crippen LogP contribution in [0.15, 0.2) is 121 Å². The summed E-state index contributed by atoms with van der Waals surface area (Å²) in [7, 11) is -6.73. The molecule has 0 atom stereocenters. The van der Waals surface area contributed by atoms with Crippen molar-refractivity contribution in [3.63, 3.8) is 0 Å². The zero-order chi connectivity index (χ0) is 22.3. The third-order valence-electron chi connectivity index (χ3n) is 6.22. The Balaban J connectivity index is 1.54. The van der Waals surface area contributed by atoms with Gasteiger partial charge in [0.1, 0.15) is 0 Å². The predicted molar refractivity (Wildman–Crippen MR) is 137 cm³/mol. The summed E-state index contributed by atoms with van der Waals surface area (Å²) in [6, 6.07) is 39.1. The minimum atomic E-state index is -3.36. The molecule has 162 valence electrons. The van der Waals surface area contributed by atoms with Crippen molar-refractivity contribution >= 4 is 37.6 Å². The normalized spacial score (nSPS) is 11.9. The van der Waals surface area contributed by atoms with E-state index in [1.165, 1.54) is 0 Å². The Bertz CT molecular complexity index is 917. The maximum atomic E-state index is 16.6. The first-order valence-electron chi connectivity index (χ1n) is 11.2. The summed E-state index contributed by atoms with van der Waals surface area (Å²) in [6.07, 6.45) is 1.34. The molecule has 0 unspecified atom stereocenters. The molecule has 4 rings (SSSR count). The quantitative estimate of drug-likeness (QED) is 0.183. The molecule has 0 N–H and O–H groups in total. The summed E-state index contributed by atoms with van der Waals surface area (Å²) < 4.78 is 33.2. The fraction of sp³-hybridized carbons (Fsp3) is 0.143. The largest absolute Gasteiger partial charge is 0.308 e. The third-order valence-corrected chi connectivity index (χ3v) is 13.3. The van der Waals surface area contributed by atoms with Crippen LogP contribution < -0.4 is 20.7 Å². The highest BCUT2D eigenvalue weighted by molar-refractivity contribution is 6.97. The van der Waals surface area contributed by atoms with Gasteiger partial charge >= 0.3 is 16.8 Å². The molecule has 0 nitrogen and oxygen atoms in total. The Morgan fingerprint density at radius 3 is 0.812 bits per heavy atom. The SMILES string of the molecule is F[Si](CCCC[Si](F)(c1ccccc1)c1ccccc1)(c1ccccc1)c1ccccc1. The standard InChI is InChI=1S/C28H28F2Si2/c29-31(25-15-5-1-6-16-25,26-17-7-2-8-18-26)23-13-14-24-32(30,27-19-9-3-10-20-27)28-21-11-4-12-22-28/h1-12,15-22H,13-14,23-24H2. The number of hydrogen-bond donors (Lipinski definition) is 0. The second-order valence-electron chi connectivity index (χ2n) is 8.27. The average molecular weight is 459 g/mol. The summed E-state index contributed by atoms with van der Waals surface area (Å²) in [5.41, 5.74) is 0. The van der Waals surface area contributed by atoms with Crippen molar-refractivity contribution in [1.82, 2.24) is 0 Å². The van der Waals surface area contributed by atoms with Crippen LogP contribution in [0.3, 0.4) is 0 Å². The van der Waals surface area contributed by atoms with E-state index in [2.05, 4.69) is 0 Å². The van der Waals surface area contributed by atoms with E-state index in [9.17, 15) is 0 Å². The van der Waals surface area contributed by atoms with E-state index in [0.29, 0.717) is 24.9 Å². The molecule has 0 aromatic heterocycles. The lowest BCUT2D eigenvalue weighted by atomic mass is 10.3. The molecule has 0 spiro atoms. The summed E-state index contributed by atoms with van der Waals surface area (Å²) in [5, 5.41) is 3.17. The van der Waals surface area contributed by atoms with Crippen LogP contribution in [0.4, 0.5) is 8.22 Å². The van der Waals surface area contributed by atoms with Crippen molar-refractivity contribution in [2.24, 2.45) is 0 Å². The van der Waals surface area contributed by atoms with Crippen LogP contribution in [0, 0.1) is 0 Å². The lowest BCUT2D eigenvalue weighted by molar-refractivity contribution is 0.741. The molecule has 0 amide bonds. The highest BCUT2D eigenvalue weighted by Crippen LogP contribution is 2.22. The molecule has 0 radical (unpaired) electrons. The lowest BCUT2D eigenvalue weighted by Crippen LogP contribution is -2.55. The van der Waals surface area contributed by atoms with Gasteiger partial charge in [0.05, 0.1) is 0 Å². The number of halogens is 2. The van der Waals surface area contributed by atoms with Gasteiger partial charge in [-0.05, 0) is 32.8 Å². The molecule has 4 heteroatoms. The molecule has 0 bridgehead atoms. The summed E-state index contributed by atoms with van der Waals surface area (Å²) >= 11 is 0. The van der Waals surface area contributed by atoms with E-state index in [-0.39, 0.29) is 0 Å². The van der Waals surface area contributed by atoms with Crippen LogP contribution in [0.5, 0.6) is 0 Å². The minimum Gasteiger partial charge on any atom is -0.302 e. The Morgan fingerprint density at radius 2 is 0.594 bits per heavy atom. The van der Waals surface area contributed by atoms with Crippen LogP contribution in [-0.4, -0.2) is 16.8 Å². The first kappa shape index (κ1) is 22.4. The number of benzene rings is 4. The van der Waals surface area contributed by atoms with Gasteiger partial charge in [0.25, 0.3) is 0 Å². The second kappa shape index (κ2) is 10.2. The number of rotatable bonds is 9. The van der Waals surface area contributed by atoms with Gasteiger partial charge in [-0.1, -0.05) is 134 Å². The highest BCUT2D eigenvalue weighted by atomic mass is 28.4. The molecule has 32 heavy (non-hydrogen) atoms. The van der Waals surface area contributed by atoms with Crippen LogP contribution in [-0.2, 0) is 0 Å². The van der Waals surface area contributed by atoms with Crippen molar-refractivity contribution in [3.8, 4) is 0 Å². The van der Waals surface area contributed by atoms with E-state index >= 15 is 8.22 Å². The van der Waals surface area contributed by atoms with Gasteiger partial charge in [0, 0.05) is 0 Å². The lowest BCUT2D eigenvalue weighted by Gasteiger charge is -2.26. The van der Waals surface area contributed by atoms with Crippen LogP contribution in [0.25, 0.3) is 0 Å². The zero-order valence-electron chi connectivity index (χ0n) is 18.1. The van der Waals surface area contributed by atoms with Crippen molar-refractivity contribution < 1.29 is 8.22 Å². The first-order chi connectivity index (χ1) is 15.6.